The molecule has 1 aromatic rings. The van der Waals surface area contributed by atoms with Crippen molar-refractivity contribution in [1.82, 2.24) is 16.1 Å². The second-order valence-electron chi connectivity index (χ2n) is 6.74. The third-order valence-electron chi connectivity index (χ3n) is 4.53. The van der Waals surface area contributed by atoms with Crippen molar-refractivity contribution in [2.24, 2.45) is 10.9 Å². The van der Waals surface area contributed by atoms with Gasteiger partial charge in [0.15, 0.2) is 5.84 Å². The van der Waals surface area contributed by atoms with Gasteiger partial charge in [0, 0.05) is 30.9 Å². The van der Waals surface area contributed by atoms with Crippen molar-refractivity contribution >= 4 is 29.4 Å². The van der Waals surface area contributed by atoms with Gasteiger partial charge < -0.3 is 31.3 Å². The molecule has 164 valence electrons. The average Bonchev–Trinajstić information content (AvgIpc) is 3.10. The molecule has 0 aromatic heterocycles. The van der Waals surface area contributed by atoms with Crippen molar-refractivity contribution in [3.05, 3.63) is 29.8 Å². The van der Waals surface area contributed by atoms with E-state index in [0.29, 0.717) is 30.8 Å². The molecule has 1 aliphatic heterocycles. The van der Waals surface area contributed by atoms with Crippen LogP contribution in [-0.4, -0.2) is 54.6 Å². The first-order valence-corrected chi connectivity index (χ1v) is 9.82. The quantitative estimate of drug-likeness (QED) is 0.121. The van der Waals surface area contributed by atoms with E-state index in [1.54, 1.807) is 29.2 Å². The number of anilines is 1. The van der Waals surface area contributed by atoms with Crippen LogP contribution in [0.15, 0.2) is 29.4 Å². The van der Waals surface area contributed by atoms with Crippen LogP contribution in [0.5, 0.6) is 0 Å². The largest absolute Gasteiger partial charge is 0.409 e. The molecule has 6 N–H and O–H groups in total. The first-order chi connectivity index (χ1) is 14.5. The minimum Gasteiger partial charge on any atom is -0.409 e. The van der Waals surface area contributed by atoms with Crippen molar-refractivity contribution < 1.29 is 24.4 Å². The number of nitrogens with one attached hydrogen (secondary N) is 3. The highest BCUT2D eigenvalue weighted by molar-refractivity contribution is 6.02. The van der Waals surface area contributed by atoms with Crippen molar-refractivity contribution in [3.63, 3.8) is 0 Å². The summed E-state index contributed by atoms with van der Waals surface area (Å²) in [5.74, 6) is -0.725. The number of hydrogen-bond donors (Lipinski definition) is 5. The van der Waals surface area contributed by atoms with Crippen LogP contribution in [0, 0.1) is 0 Å². The van der Waals surface area contributed by atoms with Gasteiger partial charge in [-0.1, -0.05) is 18.5 Å². The number of unbranched alkanes of at least 4 members (excludes halogenated alkanes) is 1. The van der Waals surface area contributed by atoms with Gasteiger partial charge in [-0.05, 0) is 37.1 Å². The van der Waals surface area contributed by atoms with Gasteiger partial charge >= 0.3 is 12.0 Å². The molecule has 0 radical (unpaired) electrons. The van der Waals surface area contributed by atoms with E-state index in [1.807, 2.05) is 6.92 Å². The van der Waals surface area contributed by atoms with Crippen LogP contribution < -0.4 is 26.7 Å². The molecule has 11 heteroatoms. The first-order valence-electron chi connectivity index (χ1n) is 9.82. The van der Waals surface area contributed by atoms with Gasteiger partial charge in [0.2, 0.25) is 5.91 Å². The molecule has 30 heavy (non-hydrogen) atoms. The molecule has 1 heterocycles. The highest BCUT2D eigenvalue weighted by Gasteiger charge is 2.33. The van der Waals surface area contributed by atoms with Crippen LogP contribution in [0.2, 0.25) is 0 Å². The Kier molecular flexibility index (Phi) is 8.88. The number of amides is 3. The number of rotatable bonds is 10. The van der Waals surface area contributed by atoms with Crippen molar-refractivity contribution in [2.45, 2.75) is 38.6 Å². The predicted molar refractivity (Wildman–Crippen MR) is 110 cm³/mol. The molecule has 1 fully saturated rings. The number of carbonyl (C=O) groups excluding carboxylic acids is 3. The van der Waals surface area contributed by atoms with Crippen LogP contribution >= 0.6 is 0 Å². The average molecular weight is 420 g/mol. The maximum Gasteiger partial charge on any atom is 0.326 e. The van der Waals surface area contributed by atoms with E-state index in [1.165, 1.54) is 0 Å². The number of oxime groups is 1. The van der Waals surface area contributed by atoms with Gasteiger partial charge in [0.05, 0.1) is 6.42 Å². The van der Waals surface area contributed by atoms with Crippen LogP contribution in [0.4, 0.5) is 10.5 Å². The lowest BCUT2D eigenvalue weighted by molar-refractivity contribution is -0.150. The lowest BCUT2D eigenvalue weighted by Crippen LogP contribution is -2.46. The highest BCUT2D eigenvalue weighted by atomic mass is 16.7. The summed E-state index contributed by atoms with van der Waals surface area (Å²) >= 11 is 0. The van der Waals surface area contributed by atoms with Crippen LogP contribution in [0.25, 0.3) is 0 Å². The zero-order chi connectivity index (χ0) is 21.9. The number of urea groups is 1. The van der Waals surface area contributed by atoms with Gasteiger partial charge in [0.25, 0.3) is 0 Å². The Balaban J connectivity index is 1.74. The number of carbonyl (C=O) groups is 3. The Morgan fingerprint density at radius 3 is 2.70 bits per heavy atom. The number of amidine groups is 1. The van der Waals surface area contributed by atoms with Gasteiger partial charge in [-0.15, -0.1) is 0 Å². The number of benzene rings is 1. The minimum absolute atomic E-state index is 0.0178. The fourth-order valence-corrected chi connectivity index (χ4v) is 2.86. The molecule has 1 saturated heterocycles. The van der Waals surface area contributed by atoms with Gasteiger partial charge in [0.1, 0.15) is 6.04 Å². The van der Waals surface area contributed by atoms with Gasteiger partial charge in [-0.25, -0.2) is 4.79 Å². The molecular formula is C19H28N6O5. The second kappa shape index (κ2) is 11.6. The molecule has 11 nitrogen and oxygen atoms in total. The molecule has 2 rings (SSSR count). The minimum atomic E-state index is -0.656. The highest BCUT2D eigenvalue weighted by Crippen LogP contribution is 2.22. The maximum absolute atomic E-state index is 12.6. The normalized spacial score (nSPS) is 16.4. The lowest BCUT2D eigenvalue weighted by Gasteiger charge is -2.17. The summed E-state index contributed by atoms with van der Waals surface area (Å²) in [7, 11) is 0. The third kappa shape index (κ3) is 6.62. The van der Waals surface area contributed by atoms with Crippen molar-refractivity contribution in [1.29, 1.82) is 0 Å². The van der Waals surface area contributed by atoms with E-state index < -0.39 is 18.0 Å². The summed E-state index contributed by atoms with van der Waals surface area (Å²) < 4.78 is 0. The Morgan fingerprint density at radius 2 is 2.03 bits per heavy atom. The number of nitrogens with zero attached hydrogens (tertiary/aromatic N) is 2. The Hall–Kier alpha value is -3.34. The summed E-state index contributed by atoms with van der Waals surface area (Å²) in [6.07, 6.45) is 2.36. The molecule has 0 aliphatic carbocycles. The smallest absolute Gasteiger partial charge is 0.326 e. The van der Waals surface area contributed by atoms with E-state index in [2.05, 4.69) is 21.3 Å². The molecule has 1 aliphatic rings. The van der Waals surface area contributed by atoms with Crippen LogP contribution in [0.1, 0.15) is 38.2 Å². The van der Waals surface area contributed by atoms with Crippen molar-refractivity contribution in [2.75, 3.05) is 24.5 Å². The predicted octanol–water partition coefficient (Wildman–Crippen LogP) is 0.424. The van der Waals surface area contributed by atoms with E-state index >= 15 is 0 Å². The maximum atomic E-state index is 12.6. The van der Waals surface area contributed by atoms with Crippen LogP contribution in [-0.2, 0) is 14.4 Å². The molecule has 0 saturated carbocycles. The van der Waals surface area contributed by atoms with E-state index in [0.717, 1.165) is 12.8 Å². The first kappa shape index (κ1) is 22.9. The summed E-state index contributed by atoms with van der Waals surface area (Å²) in [5.41, 5.74) is 9.28. The van der Waals surface area contributed by atoms with E-state index in [4.69, 9.17) is 15.8 Å². The van der Waals surface area contributed by atoms with Gasteiger partial charge in [-0.3, -0.25) is 9.59 Å². The SMILES string of the molecule is CCCCNOC(=O)CCNC(=O)NC1CCN(c2ccc(C(N)=NO)cc2)C1=O. The molecule has 0 bridgehead atoms. The van der Waals surface area contributed by atoms with E-state index in [9.17, 15) is 14.4 Å². The Labute approximate surface area is 174 Å². The molecule has 1 atom stereocenters. The Morgan fingerprint density at radius 1 is 1.30 bits per heavy atom. The molecule has 1 aromatic carbocycles. The second-order valence-corrected chi connectivity index (χ2v) is 6.74. The summed E-state index contributed by atoms with van der Waals surface area (Å²) in [4.78, 5) is 42.5. The standard InChI is InChI=1S/C19H28N6O5/c1-2-3-10-22-30-16(26)8-11-21-19(28)23-15-9-12-25(18(15)27)14-6-4-13(5-7-14)17(20)24-29/h4-7,15,22,29H,2-3,8-12H2,1H3,(H2,20,24)(H2,21,23,28). The summed E-state index contributed by atoms with van der Waals surface area (Å²) in [6.45, 7) is 3.16. The summed E-state index contributed by atoms with van der Waals surface area (Å²) in [6, 6.07) is 5.48. The monoisotopic (exact) mass is 420 g/mol. The molecular weight excluding hydrogens is 392 g/mol. The third-order valence-corrected chi connectivity index (χ3v) is 4.53. The lowest BCUT2D eigenvalue weighted by atomic mass is 10.2. The zero-order valence-corrected chi connectivity index (χ0v) is 16.9. The topological polar surface area (TPSA) is 158 Å². The number of hydrogen-bond acceptors (Lipinski definition) is 7. The molecule has 3 amide bonds. The summed E-state index contributed by atoms with van der Waals surface area (Å²) in [5, 5.41) is 16.8. The fraction of sp³-hybridized carbons (Fsp3) is 0.474. The van der Waals surface area contributed by atoms with Crippen molar-refractivity contribution in [3.8, 4) is 0 Å². The van der Waals surface area contributed by atoms with E-state index in [-0.39, 0.29) is 24.7 Å². The van der Waals surface area contributed by atoms with Crippen LogP contribution in [0.3, 0.4) is 0 Å². The zero-order valence-electron chi connectivity index (χ0n) is 16.9. The Bertz CT molecular complexity index is 767. The fourth-order valence-electron chi connectivity index (χ4n) is 2.86. The van der Waals surface area contributed by atoms with Gasteiger partial charge in [-0.2, -0.15) is 5.48 Å². The molecule has 0 spiro atoms. The molecule has 1 unspecified atom stereocenters. The number of hydroxylamine groups is 1. The number of nitrogens with two attached hydrogens (primary N) is 1.